The second kappa shape index (κ2) is 7.94. The molecular formula is C20H25N3O2S2. The van der Waals surface area contributed by atoms with Gasteiger partial charge in [-0.05, 0) is 28.3 Å². The zero-order chi connectivity index (χ0) is 19.6. The summed E-state index contributed by atoms with van der Waals surface area (Å²) in [5.74, 6) is -0.171. The maximum absolute atomic E-state index is 13.0. The molecule has 0 saturated heterocycles. The molecule has 0 radical (unpaired) electrons. The Hall–Kier alpha value is -1.99. The zero-order valence-electron chi connectivity index (χ0n) is 16.1. The van der Waals surface area contributed by atoms with E-state index in [0.717, 1.165) is 15.5 Å². The van der Waals surface area contributed by atoms with E-state index in [2.05, 4.69) is 5.10 Å². The molecule has 5 nitrogen and oxygen atoms in total. The Morgan fingerprint density at radius 3 is 2.52 bits per heavy atom. The third-order valence-electron chi connectivity index (χ3n) is 4.32. The standard InChI is InChI=1S/C20H25N3O2S2/c1-20(2,3)12-18(24)22(4)13-19(25)23-15(17-8-6-10-27-17)11-14(21-23)16-7-5-9-26-16/h5-10,15H,11-13H2,1-4H3. The van der Waals surface area contributed by atoms with Crippen LogP contribution in [0.4, 0.5) is 0 Å². The van der Waals surface area contributed by atoms with Crippen LogP contribution in [-0.4, -0.2) is 41.0 Å². The molecule has 27 heavy (non-hydrogen) atoms. The van der Waals surface area contributed by atoms with Gasteiger partial charge in [0, 0.05) is 24.8 Å². The van der Waals surface area contributed by atoms with Crippen LogP contribution >= 0.6 is 22.7 Å². The van der Waals surface area contributed by atoms with Crippen molar-refractivity contribution in [2.45, 2.75) is 39.7 Å². The molecule has 3 heterocycles. The average molecular weight is 404 g/mol. The summed E-state index contributed by atoms with van der Waals surface area (Å²) in [6, 6.07) is 7.95. The zero-order valence-corrected chi connectivity index (χ0v) is 17.8. The lowest BCUT2D eigenvalue weighted by Gasteiger charge is -2.26. The predicted molar refractivity (Wildman–Crippen MR) is 111 cm³/mol. The van der Waals surface area contributed by atoms with Crippen molar-refractivity contribution in [2.75, 3.05) is 13.6 Å². The summed E-state index contributed by atoms with van der Waals surface area (Å²) in [4.78, 5) is 29.1. The Kier molecular flexibility index (Phi) is 5.81. The maximum Gasteiger partial charge on any atom is 0.262 e. The van der Waals surface area contributed by atoms with E-state index in [1.807, 2.05) is 55.8 Å². The average Bonchev–Trinajstić information content (AvgIpc) is 3.32. The van der Waals surface area contributed by atoms with Crippen molar-refractivity contribution >= 4 is 40.2 Å². The molecular weight excluding hydrogens is 378 g/mol. The van der Waals surface area contributed by atoms with Crippen molar-refractivity contribution in [3.63, 3.8) is 0 Å². The lowest BCUT2D eigenvalue weighted by Crippen LogP contribution is -2.40. The second-order valence-electron chi connectivity index (χ2n) is 7.98. The monoisotopic (exact) mass is 403 g/mol. The number of carbonyl (C=O) groups is 2. The third kappa shape index (κ3) is 4.84. The Labute approximate surface area is 168 Å². The quantitative estimate of drug-likeness (QED) is 0.744. The van der Waals surface area contributed by atoms with Gasteiger partial charge in [0.1, 0.15) is 6.54 Å². The minimum Gasteiger partial charge on any atom is -0.336 e. The van der Waals surface area contributed by atoms with Gasteiger partial charge in [0.25, 0.3) is 5.91 Å². The fourth-order valence-corrected chi connectivity index (χ4v) is 4.52. The number of amides is 2. The van der Waals surface area contributed by atoms with Crippen molar-refractivity contribution in [1.82, 2.24) is 9.91 Å². The molecule has 0 fully saturated rings. The van der Waals surface area contributed by atoms with Gasteiger partial charge in [-0.2, -0.15) is 5.10 Å². The summed E-state index contributed by atoms with van der Waals surface area (Å²) >= 11 is 3.26. The molecule has 0 N–H and O–H groups in total. The topological polar surface area (TPSA) is 53.0 Å². The summed E-state index contributed by atoms with van der Waals surface area (Å²) in [6.45, 7) is 6.10. The largest absolute Gasteiger partial charge is 0.336 e. The first-order valence-electron chi connectivity index (χ1n) is 8.95. The van der Waals surface area contributed by atoms with Crippen LogP contribution in [0.2, 0.25) is 0 Å². The first kappa shape index (κ1) is 19.8. The van der Waals surface area contributed by atoms with Crippen molar-refractivity contribution < 1.29 is 9.59 Å². The summed E-state index contributed by atoms with van der Waals surface area (Å²) in [7, 11) is 1.69. The summed E-state index contributed by atoms with van der Waals surface area (Å²) in [5, 5.41) is 10.2. The van der Waals surface area contributed by atoms with Crippen LogP contribution in [-0.2, 0) is 9.59 Å². The lowest BCUT2D eigenvalue weighted by atomic mass is 9.92. The number of hydrogen-bond donors (Lipinski definition) is 0. The number of hydrogen-bond acceptors (Lipinski definition) is 5. The molecule has 0 bridgehead atoms. The van der Waals surface area contributed by atoms with Gasteiger partial charge >= 0.3 is 0 Å². The van der Waals surface area contributed by atoms with Crippen LogP contribution in [0.3, 0.4) is 0 Å². The van der Waals surface area contributed by atoms with Crippen molar-refractivity contribution in [3.8, 4) is 0 Å². The van der Waals surface area contributed by atoms with Gasteiger partial charge in [-0.3, -0.25) is 9.59 Å². The number of nitrogens with zero attached hydrogens (tertiary/aromatic N) is 3. The van der Waals surface area contributed by atoms with Crippen LogP contribution in [0.15, 0.2) is 40.1 Å². The highest BCUT2D eigenvalue weighted by atomic mass is 32.1. The van der Waals surface area contributed by atoms with Gasteiger partial charge in [-0.15, -0.1) is 22.7 Å². The fraction of sp³-hybridized carbons (Fsp3) is 0.450. The normalized spacial score (nSPS) is 17.1. The molecule has 0 aliphatic carbocycles. The van der Waals surface area contributed by atoms with Gasteiger partial charge in [0.2, 0.25) is 5.91 Å². The molecule has 2 aromatic rings. The van der Waals surface area contributed by atoms with E-state index in [1.165, 1.54) is 4.90 Å². The molecule has 1 aliphatic rings. The molecule has 1 aliphatic heterocycles. The fourth-order valence-electron chi connectivity index (χ4n) is 2.99. The Bertz CT molecular complexity index is 820. The van der Waals surface area contributed by atoms with E-state index in [-0.39, 0.29) is 29.8 Å². The molecule has 1 atom stereocenters. The van der Waals surface area contributed by atoms with Crippen molar-refractivity contribution in [1.29, 1.82) is 0 Å². The molecule has 7 heteroatoms. The first-order valence-corrected chi connectivity index (χ1v) is 10.7. The molecule has 144 valence electrons. The Morgan fingerprint density at radius 2 is 1.93 bits per heavy atom. The van der Waals surface area contributed by atoms with Crippen LogP contribution in [0, 0.1) is 5.41 Å². The number of thiophene rings is 2. The smallest absolute Gasteiger partial charge is 0.262 e. The lowest BCUT2D eigenvalue weighted by molar-refractivity contribution is -0.141. The SMILES string of the molecule is CN(CC(=O)N1N=C(c2cccs2)CC1c1cccs1)C(=O)CC(C)(C)C. The van der Waals surface area contributed by atoms with Gasteiger partial charge in [-0.25, -0.2) is 5.01 Å². The van der Waals surface area contributed by atoms with Gasteiger partial charge < -0.3 is 4.90 Å². The molecule has 2 amide bonds. The number of hydrazone groups is 1. The van der Waals surface area contributed by atoms with E-state index in [1.54, 1.807) is 34.7 Å². The molecule has 1 unspecified atom stereocenters. The minimum absolute atomic E-state index is 0.0230. The molecule has 0 spiro atoms. The first-order chi connectivity index (χ1) is 12.7. The second-order valence-corrected chi connectivity index (χ2v) is 9.91. The van der Waals surface area contributed by atoms with E-state index >= 15 is 0 Å². The highest BCUT2D eigenvalue weighted by Crippen LogP contribution is 2.36. The number of likely N-dealkylation sites (N-methyl/N-ethyl adjacent to an activating group) is 1. The summed E-state index contributed by atoms with van der Waals surface area (Å²) in [5.41, 5.74) is 0.826. The maximum atomic E-state index is 13.0. The van der Waals surface area contributed by atoms with E-state index in [4.69, 9.17) is 0 Å². The van der Waals surface area contributed by atoms with Crippen molar-refractivity contribution in [2.24, 2.45) is 10.5 Å². The van der Waals surface area contributed by atoms with Gasteiger partial charge in [-0.1, -0.05) is 32.9 Å². The predicted octanol–water partition coefficient (Wildman–Crippen LogP) is 4.38. The molecule has 3 rings (SSSR count). The van der Waals surface area contributed by atoms with Gasteiger partial charge in [0.15, 0.2) is 0 Å². The molecule has 0 saturated carbocycles. The Balaban J connectivity index is 1.76. The van der Waals surface area contributed by atoms with Crippen LogP contribution in [0.25, 0.3) is 0 Å². The highest BCUT2D eigenvalue weighted by molar-refractivity contribution is 7.12. The van der Waals surface area contributed by atoms with Crippen LogP contribution in [0.1, 0.15) is 49.4 Å². The van der Waals surface area contributed by atoms with Crippen LogP contribution < -0.4 is 0 Å². The number of carbonyl (C=O) groups excluding carboxylic acids is 2. The van der Waals surface area contributed by atoms with Gasteiger partial charge in [0.05, 0.1) is 16.6 Å². The van der Waals surface area contributed by atoms with Crippen LogP contribution in [0.5, 0.6) is 0 Å². The van der Waals surface area contributed by atoms with Crippen molar-refractivity contribution in [3.05, 3.63) is 44.8 Å². The van der Waals surface area contributed by atoms with E-state index in [9.17, 15) is 9.59 Å². The minimum atomic E-state index is -0.148. The third-order valence-corrected chi connectivity index (χ3v) is 6.22. The van der Waals surface area contributed by atoms with E-state index in [0.29, 0.717) is 12.8 Å². The summed E-state index contributed by atoms with van der Waals surface area (Å²) < 4.78 is 0. The van der Waals surface area contributed by atoms with E-state index < -0.39 is 0 Å². The Morgan fingerprint density at radius 1 is 1.22 bits per heavy atom. The molecule has 0 aromatic carbocycles. The molecule has 2 aromatic heterocycles. The highest BCUT2D eigenvalue weighted by Gasteiger charge is 2.35. The summed E-state index contributed by atoms with van der Waals surface area (Å²) in [6.07, 6.45) is 1.11. The number of rotatable bonds is 5.